The van der Waals surface area contributed by atoms with E-state index >= 15 is 0 Å². The molecule has 0 spiro atoms. The van der Waals surface area contributed by atoms with Crippen LogP contribution in [0.1, 0.15) is 33.6 Å². The van der Waals surface area contributed by atoms with Crippen molar-refractivity contribution in [3.8, 4) is 0 Å². The Labute approximate surface area is 87.3 Å². The SMILES string of the molecule is CC(C)C(O)CN1CCC(N)CC1C. The summed E-state index contributed by atoms with van der Waals surface area (Å²) in [6, 6.07) is 0.879. The molecule has 0 aromatic heterocycles. The molecule has 3 N–H and O–H groups in total. The van der Waals surface area contributed by atoms with E-state index in [0.717, 1.165) is 25.9 Å². The van der Waals surface area contributed by atoms with Crippen molar-refractivity contribution in [3.05, 3.63) is 0 Å². The largest absolute Gasteiger partial charge is 0.392 e. The molecule has 1 heterocycles. The van der Waals surface area contributed by atoms with Gasteiger partial charge in [-0.15, -0.1) is 0 Å². The third kappa shape index (κ3) is 3.23. The molecule has 3 atom stereocenters. The van der Waals surface area contributed by atoms with E-state index in [0.29, 0.717) is 18.0 Å². The Morgan fingerprint density at radius 1 is 1.50 bits per heavy atom. The van der Waals surface area contributed by atoms with Crippen LogP contribution >= 0.6 is 0 Å². The molecule has 0 aromatic rings. The lowest BCUT2D eigenvalue weighted by Crippen LogP contribution is -2.48. The number of piperidine rings is 1. The molecule has 3 nitrogen and oxygen atoms in total. The molecule has 84 valence electrons. The maximum Gasteiger partial charge on any atom is 0.0690 e. The average Bonchev–Trinajstić information content (AvgIpc) is 2.09. The van der Waals surface area contributed by atoms with Gasteiger partial charge in [0.15, 0.2) is 0 Å². The van der Waals surface area contributed by atoms with Crippen LogP contribution in [0.3, 0.4) is 0 Å². The molecule has 3 unspecified atom stereocenters. The van der Waals surface area contributed by atoms with Crippen molar-refractivity contribution in [2.24, 2.45) is 11.7 Å². The summed E-state index contributed by atoms with van der Waals surface area (Å²) in [6.07, 6.45) is 1.92. The van der Waals surface area contributed by atoms with Gasteiger partial charge in [0.2, 0.25) is 0 Å². The first-order valence-corrected chi connectivity index (χ1v) is 5.68. The quantitative estimate of drug-likeness (QED) is 0.709. The fourth-order valence-corrected chi connectivity index (χ4v) is 1.98. The van der Waals surface area contributed by atoms with E-state index < -0.39 is 0 Å². The minimum atomic E-state index is -0.202. The zero-order valence-corrected chi connectivity index (χ0v) is 9.61. The first-order chi connectivity index (χ1) is 6.50. The molecule has 1 aliphatic rings. The fourth-order valence-electron chi connectivity index (χ4n) is 1.98. The summed E-state index contributed by atoms with van der Waals surface area (Å²) >= 11 is 0. The summed E-state index contributed by atoms with van der Waals surface area (Å²) in [6.45, 7) is 8.15. The molecule has 14 heavy (non-hydrogen) atoms. The Morgan fingerprint density at radius 2 is 2.14 bits per heavy atom. The number of rotatable bonds is 3. The zero-order valence-electron chi connectivity index (χ0n) is 9.61. The number of nitrogens with two attached hydrogens (primary N) is 1. The molecule has 0 aliphatic carbocycles. The number of hydrogen-bond donors (Lipinski definition) is 2. The van der Waals surface area contributed by atoms with E-state index in [-0.39, 0.29) is 6.10 Å². The summed E-state index contributed by atoms with van der Waals surface area (Å²) in [4.78, 5) is 2.36. The van der Waals surface area contributed by atoms with Crippen LogP contribution in [0.4, 0.5) is 0 Å². The Hall–Kier alpha value is -0.120. The first-order valence-electron chi connectivity index (χ1n) is 5.68. The number of β-amino-alcohol motifs (C(OH)–C–C–N with tert-alkyl or cyclic N) is 1. The summed E-state index contributed by atoms with van der Waals surface area (Å²) in [5.74, 6) is 0.345. The predicted octanol–water partition coefficient (Wildman–Crippen LogP) is 0.815. The van der Waals surface area contributed by atoms with Crippen molar-refractivity contribution >= 4 is 0 Å². The molecule has 1 fully saturated rings. The number of likely N-dealkylation sites (tertiary alicyclic amines) is 1. The van der Waals surface area contributed by atoms with Crippen LogP contribution in [0.25, 0.3) is 0 Å². The second-order valence-corrected chi connectivity index (χ2v) is 4.94. The zero-order chi connectivity index (χ0) is 10.7. The fraction of sp³-hybridized carbons (Fsp3) is 1.00. The predicted molar refractivity (Wildman–Crippen MR) is 59.1 cm³/mol. The lowest BCUT2D eigenvalue weighted by atomic mass is 9.97. The molecule has 0 radical (unpaired) electrons. The third-order valence-electron chi connectivity index (χ3n) is 3.25. The van der Waals surface area contributed by atoms with Crippen LogP contribution in [0.15, 0.2) is 0 Å². The van der Waals surface area contributed by atoms with Gasteiger partial charge in [-0.2, -0.15) is 0 Å². The van der Waals surface area contributed by atoms with Gasteiger partial charge >= 0.3 is 0 Å². The van der Waals surface area contributed by atoms with Gasteiger partial charge in [-0.1, -0.05) is 13.8 Å². The molecular formula is C11H24N2O. The Bertz CT molecular complexity index is 173. The molecule has 0 saturated carbocycles. The van der Waals surface area contributed by atoms with E-state index in [9.17, 15) is 5.11 Å². The topological polar surface area (TPSA) is 49.5 Å². The highest BCUT2D eigenvalue weighted by Crippen LogP contribution is 2.17. The highest BCUT2D eigenvalue weighted by molar-refractivity contribution is 4.82. The molecule has 1 saturated heterocycles. The lowest BCUT2D eigenvalue weighted by molar-refractivity contribution is 0.0441. The number of hydrogen-bond acceptors (Lipinski definition) is 3. The summed E-state index contributed by atoms with van der Waals surface area (Å²) in [5, 5.41) is 9.79. The van der Waals surface area contributed by atoms with Crippen LogP contribution < -0.4 is 5.73 Å². The summed E-state index contributed by atoms with van der Waals surface area (Å²) in [7, 11) is 0. The van der Waals surface area contributed by atoms with E-state index in [1.807, 2.05) is 0 Å². The van der Waals surface area contributed by atoms with Crippen LogP contribution in [0.5, 0.6) is 0 Å². The molecule has 3 heteroatoms. The molecule has 1 rings (SSSR count). The van der Waals surface area contributed by atoms with Gasteiger partial charge in [-0.05, 0) is 32.2 Å². The van der Waals surface area contributed by atoms with Gasteiger partial charge < -0.3 is 10.8 Å². The Kier molecular flexibility index (Phi) is 4.35. The molecular weight excluding hydrogens is 176 g/mol. The van der Waals surface area contributed by atoms with Gasteiger partial charge in [-0.3, -0.25) is 4.90 Å². The monoisotopic (exact) mass is 200 g/mol. The van der Waals surface area contributed by atoms with Crippen LogP contribution in [0.2, 0.25) is 0 Å². The minimum absolute atomic E-state index is 0.202. The highest BCUT2D eigenvalue weighted by Gasteiger charge is 2.25. The van der Waals surface area contributed by atoms with E-state index in [4.69, 9.17) is 5.73 Å². The Morgan fingerprint density at radius 3 is 2.64 bits per heavy atom. The third-order valence-corrected chi connectivity index (χ3v) is 3.25. The maximum atomic E-state index is 9.79. The van der Waals surface area contributed by atoms with Crippen molar-refractivity contribution < 1.29 is 5.11 Å². The van der Waals surface area contributed by atoms with Gasteiger partial charge in [0.05, 0.1) is 6.10 Å². The lowest BCUT2D eigenvalue weighted by Gasteiger charge is -2.38. The van der Waals surface area contributed by atoms with Crippen molar-refractivity contribution in [1.29, 1.82) is 0 Å². The van der Waals surface area contributed by atoms with E-state index in [1.54, 1.807) is 0 Å². The molecule has 0 aromatic carbocycles. The van der Waals surface area contributed by atoms with Gasteiger partial charge in [-0.25, -0.2) is 0 Å². The molecule has 1 aliphatic heterocycles. The van der Waals surface area contributed by atoms with Crippen LogP contribution in [-0.2, 0) is 0 Å². The smallest absolute Gasteiger partial charge is 0.0690 e. The second kappa shape index (κ2) is 5.10. The van der Waals surface area contributed by atoms with Crippen LogP contribution in [-0.4, -0.2) is 41.3 Å². The molecule has 0 amide bonds. The first kappa shape index (κ1) is 12.0. The molecule has 0 bridgehead atoms. The normalized spacial score (nSPS) is 32.1. The summed E-state index contributed by atoms with van der Waals surface area (Å²) in [5.41, 5.74) is 5.89. The van der Waals surface area contributed by atoms with Crippen LogP contribution in [0, 0.1) is 5.92 Å². The van der Waals surface area contributed by atoms with Crippen molar-refractivity contribution in [2.75, 3.05) is 13.1 Å². The van der Waals surface area contributed by atoms with Gasteiger partial charge in [0, 0.05) is 18.6 Å². The van der Waals surface area contributed by atoms with E-state index in [1.165, 1.54) is 0 Å². The average molecular weight is 200 g/mol. The van der Waals surface area contributed by atoms with Gasteiger partial charge in [0.25, 0.3) is 0 Å². The van der Waals surface area contributed by atoms with Crippen molar-refractivity contribution in [3.63, 3.8) is 0 Å². The Balaban J connectivity index is 2.37. The van der Waals surface area contributed by atoms with Crippen molar-refractivity contribution in [2.45, 2.75) is 51.8 Å². The standard InChI is InChI=1S/C11H24N2O/c1-8(2)11(14)7-13-5-4-10(12)6-9(13)3/h8-11,14H,4-7,12H2,1-3H3. The van der Waals surface area contributed by atoms with E-state index in [2.05, 4.69) is 25.7 Å². The summed E-state index contributed by atoms with van der Waals surface area (Å²) < 4.78 is 0. The second-order valence-electron chi connectivity index (χ2n) is 4.94. The van der Waals surface area contributed by atoms with Crippen molar-refractivity contribution in [1.82, 2.24) is 4.90 Å². The number of aliphatic hydroxyl groups is 1. The highest BCUT2D eigenvalue weighted by atomic mass is 16.3. The van der Waals surface area contributed by atoms with Gasteiger partial charge in [0.1, 0.15) is 0 Å². The minimum Gasteiger partial charge on any atom is -0.392 e. The number of nitrogens with zero attached hydrogens (tertiary/aromatic N) is 1. The number of aliphatic hydroxyl groups excluding tert-OH is 1. The maximum absolute atomic E-state index is 9.79.